The second-order valence-electron chi connectivity index (χ2n) is 4.15. The molecule has 0 fully saturated rings. The van der Waals surface area contributed by atoms with Crippen LogP contribution in [0.25, 0.3) is 0 Å². The predicted molar refractivity (Wildman–Crippen MR) is 83.9 cm³/mol. The lowest BCUT2D eigenvalue weighted by Gasteiger charge is -2.10. The molecular weight excluding hydrogens is 398 g/mol. The SMILES string of the molecule is CCn1cc(I)c(=O)n(Cc2cccc(Cl)c2F)c1=O. The molecule has 1 aromatic heterocycles. The van der Waals surface area contributed by atoms with Crippen LogP contribution in [0.15, 0.2) is 34.0 Å². The van der Waals surface area contributed by atoms with E-state index in [2.05, 4.69) is 0 Å². The van der Waals surface area contributed by atoms with Crippen molar-refractivity contribution in [3.8, 4) is 0 Å². The van der Waals surface area contributed by atoms with Crippen LogP contribution in [-0.2, 0) is 13.1 Å². The molecule has 0 saturated heterocycles. The smallest absolute Gasteiger partial charge is 0.300 e. The minimum atomic E-state index is -0.609. The third-order valence-corrected chi connectivity index (χ3v) is 3.93. The minimum Gasteiger partial charge on any atom is -0.300 e. The van der Waals surface area contributed by atoms with E-state index in [1.54, 1.807) is 13.0 Å². The van der Waals surface area contributed by atoms with E-state index >= 15 is 0 Å². The standard InChI is InChI=1S/C13H11ClFIN2O2/c1-2-17-7-10(16)12(19)18(13(17)20)6-8-4-3-5-9(14)11(8)15/h3-5,7H,2,6H2,1H3. The molecule has 7 heteroatoms. The maximum atomic E-state index is 13.9. The fourth-order valence-electron chi connectivity index (χ4n) is 1.83. The fourth-order valence-corrected chi connectivity index (χ4v) is 2.65. The molecule has 0 spiro atoms. The van der Waals surface area contributed by atoms with Crippen molar-refractivity contribution in [3.63, 3.8) is 0 Å². The molecule has 0 saturated carbocycles. The summed E-state index contributed by atoms with van der Waals surface area (Å²) in [5.74, 6) is -0.609. The van der Waals surface area contributed by atoms with Crippen molar-refractivity contribution in [1.82, 2.24) is 9.13 Å². The monoisotopic (exact) mass is 408 g/mol. The molecule has 0 amide bonds. The molecule has 2 aromatic rings. The number of hydrogen-bond donors (Lipinski definition) is 0. The molecule has 0 radical (unpaired) electrons. The number of aromatic nitrogens is 2. The van der Waals surface area contributed by atoms with E-state index < -0.39 is 17.1 Å². The normalized spacial score (nSPS) is 10.8. The Morgan fingerprint density at radius 2 is 2.05 bits per heavy atom. The molecule has 0 aliphatic heterocycles. The first-order valence-electron chi connectivity index (χ1n) is 5.88. The summed E-state index contributed by atoms with van der Waals surface area (Å²) in [6, 6.07) is 4.50. The Balaban J connectivity index is 2.60. The van der Waals surface area contributed by atoms with Crippen LogP contribution in [0.1, 0.15) is 12.5 Å². The highest BCUT2D eigenvalue weighted by Gasteiger charge is 2.13. The van der Waals surface area contributed by atoms with Gasteiger partial charge in [0.1, 0.15) is 5.82 Å². The molecule has 0 N–H and O–H groups in total. The van der Waals surface area contributed by atoms with Gasteiger partial charge in [-0.15, -0.1) is 0 Å². The highest BCUT2D eigenvalue weighted by atomic mass is 127. The summed E-state index contributed by atoms with van der Waals surface area (Å²) in [5.41, 5.74) is -0.682. The lowest BCUT2D eigenvalue weighted by molar-refractivity contribution is 0.563. The molecule has 20 heavy (non-hydrogen) atoms. The first kappa shape index (κ1) is 15.2. The summed E-state index contributed by atoms with van der Waals surface area (Å²) in [6.07, 6.45) is 1.50. The van der Waals surface area contributed by atoms with Gasteiger partial charge in [-0.1, -0.05) is 23.7 Å². The van der Waals surface area contributed by atoms with Crippen LogP contribution >= 0.6 is 34.2 Å². The van der Waals surface area contributed by atoms with E-state index in [1.165, 1.54) is 22.9 Å². The van der Waals surface area contributed by atoms with Gasteiger partial charge < -0.3 is 0 Å². The average molecular weight is 409 g/mol. The third-order valence-electron chi connectivity index (χ3n) is 2.90. The number of halogens is 3. The summed E-state index contributed by atoms with van der Waals surface area (Å²) in [5, 5.41) is -0.0306. The van der Waals surface area contributed by atoms with Gasteiger partial charge in [0.25, 0.3) is 5.56 Å². The second-order valence-corrected chi connectivity index (χ2v) is 5.72. The van der Waals surface area contributed by atoms with Crippen LogP contribution in [-0.4, -0.2) is 9.13 Å². The van der Waals surface area contributed by atoms with Crippen molar-refractivity contribution < 1.29 is 4.39 Å². The van der Waals surface area contributed by atoms with Crippen molar-refractivity contribution in [2.24, 2.45) is 0 Å². The molecule has 2 rings (SSSR count). The highest BCUT2D eigenvalue weighted by Crippen LogP contribution is 2.18. The first-order chi connectivity index (χ1) is 9.45. The van der Waals surface area contributed by atoms with Gasteiger partial charge in [-0.05, 0) is 35.6 Å². The van der Waals surface area contributed by atoms with Crippen molar-refractivity contribution in [2.45, 2.75) is 20.0 Å². The zero-order valence-corrected chi connectivity index (χ0v) is 13.5. The van der Waals surface area contributed by atoms with Crippen LogP contribution in [0.2, 0.25) is 5.02 Å². The molecular formula is C13H11ClFIN2O2. The molecule has 0 atom stereocenters. The van der Waals surface area contributed by atoms with Gasteiger partial charge in [-0.2, -0.15) is 0 Å². The number of aryl methyl sites for hydroxylation is 1. The van der Waals surface area contributed by atoms with E-state index in [0.29, 0.717) is 10.1 Å². The van der Waals surface area contributed by atoms with Crippen molar-refractivity contribution in [2.75, 3.05) is 0 Å². The lowest BCUT2D eigenvalue weighted by atomic mass is 10.2. The molecule has 0 aliphatic rings. The van der Waals surface area contributed by atoms with E-state index in [1.807, 2.05) is 22.6 Å². The molecule has 106 valence electrons. The van der Waals surface area contributed by atoms with Crippen molar-refractivity contribution in [1.29, 1.82) is 0 Å². The first-order valence-corrected chi connectivity index (χ1v) is 7.34. The molecule has 0 aliphatic carbocycles. The second kappa shape index (κ2) is 6.09. The quantitative estimate of drug-likeness (QED) is 0.733. The van der Waals surface area contributed by atoms with Crippen LogP contribution in [0, 0.1) is 9.39 Å². The summed E-state index contributed by atoms with van der Waals surface area (Å²) >= 11 is 7.56. The van der Waals surface area contributed by atoms with Gasteiger partial charge in [-0.25, -0.2) is 9.18 Å². The van der Waals surface area contributed by atoms with Gasteiger partial charge in [0.05, 0.1) is 15.1 Å². The third kappa shape index (κ3) is 2.80. The van der Waals surface area contributed by atoms with E-state index in [-0.39, 0.29) is 17.1 Å². The predicted octanol–water partition coefficient (Wildman–Crippen LogP) is 2.48. The Bertz CT molecular complexity index is 770. The number of hydrogen-bond acceptors (Lipinski definition) is 2. The Morgan fingerprint density at radius 1 is 1.35 bits per heavy atom. The zero-order valence-electron chi connectivity index (χ0n) is 10.6. The Labute approximate surface area is 132 Å². The molecule has 1 heterocycles. The van der Waals surface area contributed by atoms with Gasteiger partial charge >= 0.3 is 5.69 Å². The van der Waals surface area contributed by atoms with Crippen LogP contribution in [0.5, 0.6) is 0 Å². The van der Waals surface area contributed by atoms with Crippen molar-refractivity contribution >= 4 is 34.2 Å². The van der Waals surface area contributed by atoms with Crippen LogP contribution in [0.3, 0.4) is 0 Å². The van der Waals surface area contributed by atoms with E-state index in [4.69, 9.17) is 11.6 Å². The number of nitrogens with zero attached hydrogens (tertiary/aromatic N) is 2. The molecule has 0 bridgehead atoms. The van der Waals surface area contributed by atoms with Gasteiger partial charge in [0.15, 0.2) is 0 Å². The number of benzene rings is 1. The lowest BCUT2D eigenvalue weighted by Crippen LogP contribution is -2.41. The van der Waals surface area contributed by atoms with Gasteiger partial charge in [0, 0.05) is 18.3 Å². The summed E-state index contributed by atoms with van der Waals surface area (Å²) in [7, 11) is 0. The van der Waals surface area contributed by atoms with Gasteiger partial charge in [-0.3, -0.25) is 13.9 Å². The van der Waals surface area contributed by atoms with E-state index in [0.717, 1.165) is 4.57 Å². The maximum Gasteiger partial charge on any atom is 0.331 e. The molecule has 0 unspecified atom stereocenters. The van der Waals surface area contributed by atoms with Crippen LogP contribution in [0.4, 0.5) is 4.39 Å². The van der Waals surface area contributed by atoms with Crippen molar-refractivity contribution in [3.05, 3.63) is 65.2 Å². The van der Waals surface area contributed by atoms with E-state index in [9.17, 15) is 14.0 Å². The Hall–Kier alpha value is -1.15. The largest absolute Gasteiger partial charge is 0.331 e. The van der Waals surface area contributed by atoms with Crippen LogP contribution < -0.4 is 11.2 Å². The van der Waals surface area contributed by atoms with Gasteiger partial charge in [0.2, 0.25) is 0 Å². The average Bonchev–Trinajstić information content (AvgIpc) is 2.43. The summed E-state index contributed by atoms with van der Waals surface area (Å²) < 4.78 is 16.7. The highest BCUT2D eigenvalue weighted by molar-refractivity contribution is 14.1. The summed E-state index contributed by atoms with van der Waals surface area (Å²) in [4.78, 5) is 24.2. The Kier molecular flexibility index (Phi) is 4.64. The topological polar surface area (TPSA) is 44.0 Å². The summed E-state index contributed by atoms with van der Waals surface area (Å²) in [6.45, 7) is 2.10. The minimum absolute atomic E-state index is 0.0306. The Morgan fingerprint density at radius 3 is 2.70 bits per heavy atom. The zero-order chi connectivity index (χ0) is 14.9. The molecule has 4 nitrogen and oxygen atoms in total. The molecule has 1 aromatic carbocycles. The maximum absolute atomic E-state index is 13.9. The number of rotatable bonds is 3. The fraction of sp³-hybridized carbons (Fsp3) is 0.231.